The van der Waals surface area contributed by atoms with Crippen molar-refractivity contribution in [2.45, 2.75) is 45.3 Å². The Kier molecular flexibility index (Phi) is 3.38. The van der Waals surface area contributed by atoms with Crippen molar-refractivity contribution in [3.63, 3.8) is 0 Å². The van der Waals surface area contributed by atoms with Crippen molar-refractivity contribution < 1.29 is 4.74 Å². The van der Waals surface area contributed by atoms with E-state index in [0.29, 0.717) is 0 Å². The lowest BCUT2D eigenvalue weighted by molar-refractivity contribution is -0.0721. The summed E-state index contributed by atoms with van der Waals surface area (Å²) in [5.41, 5.74) is 7.34. The summed E-state index contributed by atoms with van der Waals surface area (Å²) in [4.78, 5) is 4.38. The van der Waals surface area contributed by atoms with Gasteiger partial charge < -0.3 is 10.5 Å². The summed E-state index contributed by atoms with van der Waals surface area (Å²) in [6.45, 7) is 4.42. The van der Waals surface area contributed by atoms with Crippen LogP contribution in [0, 0.1) is 5.41 Å². The number of ether oxygens (including phenoxy) is 1. The highest BCUT2D eigenvalue weighted by Gasteiger charge is 2.52. The Hall–Kier alpha value is -1.61. The molecule has 3 nitrogen and oxygen atoms in total. The Labute approximate surface area is 120 Å². The zero-order chi connectivity index (χ0) is 14.2. The summed E-state index contributed by atoms with van der Waals surface area (Å²) in [6, 6.07) is 10.4. The fourth-order valence-corrected chi connectivity index (χ4v) is 3.46. The van der Waals surface area contributed by atoms with E-state index in [2.05, 4.69) is 31.0 Å². The molecule has 1 aromatic heterocycles. The first kappa shape index (κ1) is 13.4. The number of benzene rings is 1. The summed E-state index contributed by atoms with van der Waals surface area (Å²) >= 11 is 0. The first-order valence-electron chi connectivity index (χ1n) is 7.46. The molecule has 2 unspecified atom stereocenters. The molecule has 1 aliphatic carbocycles. The van der Waals surface area contributed by atoms with Crippen molar-refractivity contribution in [1.29, 1.82) is 0 Å². The van der Waals surface area contributed by atoms with Crippen LogP contribution in [-0.2, 0) is 0 Å². The van der Waals surface area contributed by atoms with Gasteiger partial charge in [0.1, 0.15) is 11.9 Å². The van der Waals surface area contributed by atoms with Crippen molar-refractivity contribution in [2.24, 2.45) is 11.1 Å². The van der Waals surface area contributed by atoms with E-state index >= 15 is 0 Å². The molecule has 0 amide bonds. The summed E-state index contributed by atoms with van der Waals surface area (Å²) in [5.74, 6) is 0.902. The van der Waals surface area contributed by atoms with Gasteiger partial charge in [0, 0.05) is 35.5 Å². The number of hydrogen-bond donors (Lipinski definition) is 1. The summed E-state index contributed by atoms with van der Waals surface area (Å²) in [5, 5.41) is 1.14. The molecule has 1 fully saturated rings. The monoisotopic (exact) mass is 270 g/mol. The lowest BCUT2D eigenvalue weighted by atomic mass is 9.59. The molecule has 2 aromatic rings. The van der Waals surface area contributed by atoms with Gasteiger partial charge in [0.2, 0.25) is 0 Å². The highest BCUT2D eigenvalue weighted by atomic mass is 16.5. The highest BCUT2D eigenvalue weighted by Crippen LogP contribution is 2.47. The first-order chi connectivity index (χ1) is 9.69. The highest BCUT2D eigenvalue weighted by molar-refractivity contribution is 5.79. The van der Waals surface area contributed by atoms with Gasteiger partial charge in [0.15, 0.2) is 0 Å². The topological polar surface area (TPSA) is 48.1 Å². The molecule has 0 spiro atoms. The maximum atomic E-state index is 6.22. The quantitative estimate of drug-likeness (QED) is 0.924. The van der Waals surface area contributed by atoms with Gasteiger partial charge >= 0.3 is 0 Å². The van der Waals surface area contributed by atoms with E-state index in [9.17, 15) is 0 Å². The van der Waals surface area contributed by atoms with Gasteiger partial charge in [-0.15, -0.1) is 0 Å². The average Bonchev–Trinajstić information content (AvgIpc) is 2.48. The van der Waals surface area contributed by atoms with Crippen molar-refractivity contribution in [3.05, 3.63) is 36.5 Å². The van der Waals surface area contributed by atoms with Crippen molar-refractivity contribution in [3.8, 4) is 5.75 Å². The zero-order valence-corrected chi connectivity index (χ0v) is 12.2. The number of nitrogens with two attached hydrogens (primary N) is 1. The molecule has 3 heteroatoms. The normalized spacial score (nSPS) is 24.4. The Morgan fingerprint density at radius 3 is 2.80 bits per heavy atom. The van der Waals surface area contributed by atoms with Crippen LogP contribution in [0.4, 0.5) is 0 Å². The number of fused-ring (bicyclic) bond motifs is 1. The zero-order valence-electron chi connectivity index (χ0n) is 12.2. The van der Waals surface area contributed by atoms with Gasteiger partial charge in [-0.2, -0.15) is 0 Å². The second-order valence-corrected chi connectivity index (χ2v) is 5.75. The molecule has 1 saturated carbocycles. The molecule has 2 atom stereocenters. The van der Waals surface area contributed by atoms with Crippen LogP contribution in [-0.4, -0.2) is 17.1 Å². The minimum atomic E-state index is 0.138. The molecule has 3 rings (SSSR count). The number of aromatic nitrogens is 1. The van der Waals surface area contributed by atoms with Gasteiger partial charge in [0.05, 0.1) is 5.52 Å². The molecule has 0 radical (unpaired) electrons. The number of pyridine rings is 1. The van der Waals surface area contributed by atoms with Crippen LogP contribution in [0.2, 0.25) is 0 Å². The average molecular weight is 270 g/mol. The molecular formula is C17H22N2O. The summed E-state index contributed by atoms with van der Waals surface area (Å²) < 4.78 is 6.21. The van der Waals surface area contributed by atoms with Crippen LogP contribution in [0.1, 0.15) is 33.1 Å². The molecule has 0 saturated heterocycles. The maximum absolute atomic E-state index is 6.22. The summed E-state index contributed by atoms with van der Waals surface area (Å²) in [7, 11) is 0. The van der Waals surface area contributed by atoms with Gasteiger partial charge in [-0.05, 0) is 31.0 Å². The van der Waals surface area contributed by atoms with Crippen molar-refractivity contribution >= 4 is 10.9 Å². The van der Waals surface area contributed by atoms with E-state index in [4.69, 9.17) is 10.5 Å². The molecular weight excluding hydrogens is 248 g/mol. The molecule has 0 aliphatic heterocycles. The fraction of sp³-hybridized carbons (Fsp3) is 0.471. The Morgan fingerprint density at radius 1 is 1.30 bits per heavy atom. The van der Waals surface area contributed by atoms with E-state index in [1.807, 2.05) is 24.4 Å². The molecule has 1 aliphatic rings. The standard InChI is InChI=1S/C17H22N2O/c1-3-17(4-2)15(18)11-16(17)20-13-8-7-12-6-5-9-19-14(12)10-13/h5-10,15-16H,3-4,11,18H2,1-2H3. The fourth-order valence-electron chi connectivity index (χ4n) is 3.46. The summed E-state index contributed by atoms with van der Waals surface area (Å²) in [6.07, 6.45) is 5.13. The molecule has 0 bridgehead atoms. The van der Waals surface area contributed by atoms with E-state index in [0.717, 1.165) is 35.9 Å². The third kappa shape index (κ3) is 1.97. The van der Waals surface area contributed by atoms with Crippen molar-refractivity contribution in [1.82, 2.24) is 4.98 Å². The number of rotatable bonds is 4. The molecule has 106 valence electrons. The first-order valence-corrected chi connectivity index (χ1v) is 7.46. The van der Waals surface area contributed by atoms with Gasteiger partial charge in [-0.3, -0.25) is 4.98 Å². The van der Waals surface area contributed by atoms with E-state index in [1.165, 1.54) is 0 Å². The third-order valence-electron chi connectivity index (χ3n) is 5.02. The smallest absolute Gasteiger partial charge is 0.121 e. The van der Waals surface area contributed by atoms with Crippen LogP contribution < -0.4 is 10.5 Å². The minimum Gasteiger partial charge on any atom is -0.490 e. The van der Waals surface area contributed by atoms with Crippen LogP contribution in [0.3, 0.4) is 0 Å². The largest absolute Gasteiger partial charge is 0.490 e. The molecule has 1 aromatic carbocycles. The van der Waals surface area contributed by atoms with E-state index in [-0.39, 0.29) is 17.6 Å². The second kappa shape index (κ2) is 5.06. The Bertz CT molecular complexity index is 607. The lowest BCUT2D eigenvalue weighted by Gasteiger charge is -2.53. The minimum absolute atomic E-state index is 0.138. The molecule has 1 heterocycles. The molecule has 2 N–H and O–H groups in total. The predicted octanol–water partition coefficient (Wildman–Crippen LogP) is 3.52. The lowest BCUT2D eigenvalue weighted by Crippen LogP contribution is -2.62. The van der Waals surface area contributed by atoms with Crippen LogP contribution in [0.15, 0.2) is 36.5 Å². The number of nitrogens with zero attached hydrogens (tertiary/aromatic N) is 1. The maximum Gasteiger partial charge on any atom is 0.121 e. The predicted molar refractivity (Wildman–Crippen MR) is 81.8 cm³/mol. The Morgan fingerprint density at radius 2 is 2.10 bits per heavy atom. The van der Waals surface area contributed by atoms with E-state index < -0.39 is 0 Å². The van der Waals surface area contributed by atoms with E-state index in [1.54, 1.807) is 0 Å². The van der Waals surface area contributed by atoms with Crippen LogP contribution >= 0.6 is 0 Å². The third-order valence-corrected chi connectivity index (χ3v) is 5.02. The van der Waals surface area contributed by atoms with Crippen molar-refractivity contribution in [2.75, 3.05) is 0 Å². The van der Waals surface area contributed by atoms with Gasteiger partial charge in [-0.1, -0.05) is 19.9 Å². The Balaban J connectivity index is 1.83. The van der Waals surface area contributed by atoms with Crippen LogP contribution in [0.25, 0.3) is 10.9 Å². The van der Waals surface area contributed by atoms with Crippen LogP contribution in [0.5, 0.6) is 5.75 Å². The molecule has 20 heavy (non-hydrogen) atoms. The van der Waals surface area contributed by atoms with Gasteiger partial charge in [-0.25, -0.2) is 0 Å². The number of hydrogen-bond acceptors (Lipinski definition) is 3. The second-order valence-electron chi connectivity index (χ2n) is 5.75. The SMILES string of the molecule is CCC1(CC)C(N)CC1Oc1ccc2cccnc2c1. The van der Waals surface area contributed by atoms with Gasteiger partial charge in [0.25, 0.3) is 0 Å².